The van der Waals surface area contributed by atoms with Crippen LogP contribution in [-0.2, 0) is 4.74 Å². The summed E-state index contributed by atoms with van der Waals surface area (Å²) in [5, 5.41) is 3.18. The number of carbonyl (C=O) groups is 1. The molecular formula is C14H23N3O3. The summed E-state index contributed by atoms with van der Waals surface area (Å²) in [5.74, 6) is -0.451. The topological polar surface area (TPSA) is 67.6 Å². The van der Waals surface area contributed by atoms with Crippen LogP contribution in [0.4, 0.5) is 6.01 Å². The van der Waals surface area contributed by atoms with Gasteiger partial charge in [0, 0.05) is 12.6 Å². The molecule has 0 radical (unpaired) electrons. The van der Waals surface area contributed by atoms with Gasteiger partial charge in [-0.25, -0.2) is 4.79 Å². The smallest absolute Gasteiger partial charge is 0.360 e. The highest BCUT2D eigenvalue weighted by molar-refractivity contribution is 5.87. The molecular weight excluding hydrogens is 258 g/mol. The van der Waals surface area contributed by atoms with Crippen LogP contribution in [-0.4, -0.2) is 48.1 Å². The number of rotatable bonds is 6. The van der Waals surface area contributed by atoms with Crippen LogP contribution in [0.25, 0.3) is 0 Å². The van der Waals surface area contributed by atoms with Crippen molar-refractivity contribution in [3.05, 3.63) is 12.0 Å². The number of hydrogen-bond donors (Lipinski definition) is 1. The van der Waals surface area contributed by atoms with Gasteiger partial charge in [0.05, 0.1) is 6.61 Å². The van der Waals surface area contributed by atoms with Crippen molar-refractivity contribution in [1.29, 1.82) is 0 Å². The third-order valence-electron chi connectivity index (χ3n) is 3.34. The van der Waals surface area contributed by atoms with E-state index >= 15 is 0 Å². The number of nitrogens with one attached hydrogen (secondary N) is 1. The van der Waals surface area contributed by atoms with Crippen molar-refractivity contribution in [2.24, 2.45) is 0 Å². The average molecular weight is 281 g/mol. The number of aromatic nitrogens is 1. The van der Waals surface area contributed by atoms with E-state index in [0.717, 1.165) is 19.6 Å². The number of esters is 1. The van der Waals surface area contributed by atoms with Crippen molar-refractivity contribution in [2.75, 3.05) is 31.6 Å². The molecule has 1 aromatic heterocycles. The summed E-state index contributed by atoms with van der Waals surface area (Å²) in [6.07, 6.45) is 5.21. The van der Waals surface area contributed by atoms with Crippen molar-refractivity contribution in [2.45, 2.75) is 39.2 Å². The third kappa shape index (κ3) is 4.23. The van der Waals surface area contributed by atoms with Crippen LogP contribution in [0.2, 0.25) is 0 Å². The highest BCUT2D eigenvalue weighted by atomic mass is 16.5. The Balaban J connectivity index is 1.81. The van der Waals surface area contributed by atoms with Gasteiger partial charge in [0.1, 0.15) is 6.26 Å². The average Bonchev–Trinajstić information content (AvgIpc) is 2.88. The minimum atomic E-state index is -0.451. The van der Waals surface area contributed by atoms with Crippen molar-refractivity contribution in [3.63, 3.8) is 0 Å². The van der Waals surface area contributed by atoms with Crippen molar-refractivity contribution >= 4 is 12.0 Å². The molecule has 1 aromatic rings. The minimum absolute atomic E-state index is 0.208. The van der Waals surface area contributed by atoms with Gasteiger partial charge in [-0.3, -0.25) is 0 Å². The Morgan fingerprint density at radius 2 is 2.25 bits per heavy atom. The second kappa shape index (κ2) is 7.28. The molecule has 1 saturated heterocycles. The zero-order valence-corrected chi connectivity index (χ0v) is 12.2. The highest BCUT2D eigenvalue weighted by Gasteiger charge is 2.17. The first-order valence-electron chi connectivity index (χ1n) is 7.30. The number of carbonyl (C=O) groups excluding carboxylic acids is 1. The molecule has 0 saturated carbocycles. The Kier molecular flexibility index (Phi) is 5.40. The molecule has 0 amide bonds. The predicted octanol–water partition coefficient (Wildman–Crippen LogP) is 2.14. The maximum Gasteiger partial charge on any atom is 0.360 e. The zero-order valence-electron chi connectivity index (χ0n) is 12.2. The molecule has 0 spiro atoms. The van der Waals surface area contributed by atoms with Gasteiger partial charge in [-0.15, -0.1) is 0 Å². The van der Waals surface area contributed by atoms with Gasteiger partial charge < -0.3 is 19.4 Å². The van der Waals surface area contributed by atoms with Gasteiger partial charge >= 0.3 is 5.97 Å². The fraction of sp³-hybridized carbons (Fsp3) is 0.714. The number of piperidine rings is 1. The van der Waals surface area contributed by atoms with E-state index in [1.54, 1.807) is 6.92 Å². The van der Waals surface area contributed by atoms with E-state index in [0.29, 0.717) is 12.6 Å². The predicted molar refractivity (Wildman–Crippen MR) is 75.8 cm³/mol. The van der Waals surface area contributed by atoms with Crippen LogP contribution in [0.1, 0.15) is 43.6 Å². The van der Waals surface area contributed by atoms with E-state index in [-0.39, 0.29) is 11.7 Å². The highest BCUT2D eigenvalue weighted by Crippen LogP contribution is 2.12. The van der Waals surface area contributed by atoms with Crippen LogP contribution >= 0.6 is 0 Å². The monoisotopic (exact) mass is 281 g/mol. The van der Waals surface area contributed by atoms with E-state index in [2.05, 4.69) is 22.1 Å². The summed E-state index contributed by atoms with van der Waals surface area (Å²) in [7, 11) is 0. The van der Waals surface area contributed by atoms with Gasteiger partial charge in [0.2, 0.25) is 0 Å². The van der Waals surface area contributed by atoms with Gasteiger partial charge in [0.25, 0.3) is 6.01 Å². The summed E-state index contributed by atoms with van der Waals surface area (Å²) in [5.41, 5.74) is 0.208. The molecule has 0 bridgehead atoms. The normalized spacial score (nSPS) is 17.7. The molecule has 0 aromatic carbocycles. The Morgan fingerprint density at radius 3 is 2.95 bits per heavy atom. The number of anilines is 1. The summed E-state index contributed by atoms with van der Waals surface area (Å²) in [6.45, 7) is 7.45. The molecule has 112 valence electrons. The molecule has 1 unspecified atom stereocenters. The van der Waals surface area contributed by atoms with E-state index in [9.17, 15) is 4.79 Å². The van der Waals surface area contributed by atoms with Crippen LogP contribution in [0.15, 0.2) is 10.7 Å². The van der Waals surface area contributed by atoms with Gasteiger partial charge in [0.15, 0.2) is 5.69 Å². The summed E-state index contributed by atoms with van der Waals surface area (Å²) >= 11 is 0. The van der Waals surface area contributed by atoms with Crippen LogP contribution in [0.5, 0.6) is 0 Å². The molecule has 0 aliphatic carbocycles. The van der Waals surface area contributed by atoms with Crippen molar-refractivity contribution in [3.8, 4) is 0 Å². The molecule has 2 heterocycles. The lowest BCUT2D eigenvalue weighted by Gasteiger charge is -2.29. The van der Waals surface area contributed by atoms with Crippen molar-refractivity contribution in [1.82, 2.24) is 9.88 Å². The van der Waals surface area contributed by atoms with Gasteiger partial charge in [-0.05, 0) is 39.8 Å². The van der Waals surface area contributed by atoms with E-state index in [1.165, 1.54) is 25.5 Å². The first-order valence-corrected chi connectivity index (χ1v) is 7.30. The number of likely N-dealkylation sites (tertiary alicyclic amines) is 1. The lowest BCUT2D eigenvalue weighted by atomic mass is 10.1. The maximum atomic E-state index is 11.5. The van der Waals surface area contributed by atoms with Crippen molar-refractivity contribution < 1.29 is 13.9 Å². The van der Waals surface area contributed by atoms with Crippen LogP contribution in [0.3, 0.4) is 0 Å². The molecule has 6 nitrogen and oxygen atoms in total. The number of nitrogens with zero attached hydrogens (tertiary/aromatic N) is 2. The van der Waals surface area contributed by atoms with E-state index in [1.807, 2.05) is 0 Å². The Hall–Kier alpha value is -1.56. The molecule has 1 atom stereocenters. The lowest BCUT2D eigenvalue weighted by Crippen LogP contribution is -2.38. The molecule has 1 aliphatic rings. The minimum Gasteiger partial charge on any atom is -0.461 e. The molecule has 20 heavy (non-hydrogen) atoms. The summed E-state index contributed by atoms with van der Waals surface area (Å²) < 4.78 is 10.1. The van der Waals surface area contributed by atoms with E-state index < -0.39 is 5.97 Å². The largest absolute Gasteiger partial charge is 0.461 e. The third-order valence-corrected chi connectivity index (χ3v) is 3.34. The zero-order chi connectivity index (χ0) is 14.4. The van der Waals surface area contributed by atoms with Gasteiger partial charge in [-0.2, -0.15) is 4.98 Å². The SMILES string of the molecule is CCOC(=O)c1coc(NC(C)CN2CCCCC2)n1. The first kappa shape index (κ1) is 14.8. The number of oxazole rings is 1. The summed E-state index contributed by atoms with van der Waals surface area (Å²) in [6, 6.07) is 0.597. The molecule has 6 heteroatoms. The second-order valence-electron chi connectivity index (χ2n) is 5.17. The quantitative estimate of drug-likeness (QED) is 0.806. The molecule has 1 N–H and O–H groups in total. The Labute approximate surface area is 119 Å². The van der Waals surface area contributed by atoms with E-state index in [4.69, 9.17) is 9.15 Å². The molecule has 2 rings (SSSR count). The van der Waals surface area contributed by atoms with Crippen LogP contribution in [0, 0.1) is 0 Å². The standard InChI is InChI=1S/C14H23N3O3/c1-3-19-13(18)12-10-20-14(16-12)15-11(2)9-17-7-5-4-6-8-17/h10-11H,3-9H2,1-2H3,(H,15,16). The fourth-order valence-electron chi connectivity index (χ4n) is 2.42. The fourth-order valence-corrected chi connectivity index (χ4v) is 2.42. The Bertz CT molecular complexity index is 427. The summed E-state index contributed by atoms with van der Waals surface area (Å²) in [4.78, 5) is 18.0. The number of ether oxygens (including phenoxy) is 1. The molecule has 1 fully saturated rings. The second-order valence-corrected chi connectivity index (χ2v) is 5.17. The maximum absolute atomic E-state index is 11.5. The molecule has 1 aliphatic heterocycles. The Morgan fingerprint density at radius 1 is 1.50 bits per heavy atom. The first-order chi connectivity index (χ1) is 9.69. The lowest BCUT2D eigenvalue weighted by molar-refractivity contribution is 0.0519. The number of hydrogen-bond acceptors (Lipinski definition) is 6. The van der Waals surface area contributed by atoms with Crippen LogP contribution < -0.4 is 5.32 Å². The van der Waals surface area contributed by atoms with Gasteiger partial charge in [-0.1, -0.05) is 6.42 Å².